The van der Waals surface area contributed by atoms with Crippen molar-refractivity contribution < 1.29 is 19.4 Å². The minimum Gasteiger partial charge on any atom is -0.507 e. The number of benzene rings is 2. The Morgan fingerprint density at radius 2 is 1.92 bits per heavy atom. The molecule has 6 heteroatoms. The maximum atomic E-state index is 11.5. The van der Waals surface area contributed by atoms with Crippen molar-refractivity contribution in [2.45, 2.75) is 6.61 Å². The van der Waals surface area contributed by atoms with Crippen LogP contribution in [0.15, 0.2) is 48.5 Å². The van der Waals surface area contributed by atoms with Crippen LogP contribution in [0, 0.1) is 11.8 Å². The van der Waals surface area contributed by atoms with E-state index in [9.17, 15) is 14.7 Å². The summed E-state index contributed by atoms with van der Waals surface area (Å²) in [6, 6.07) is 13.6. The van der Waals surface area contributed by atoms with Gasteiger partial charge in [-0.15, -0.1) is 0 Å². The first-order valence-corrected chi connectivity index (χ1v) is 7.12. The van der Waals surface area contributed by atoms with E-state index in [4.69, 9.17) is 10.5 Å². The number of amides is 2. The third kappa shape index (κ3) is 5.07. The normalized spacial score (nSPS) is 9.50. The van der Waals surface area contributed by atoms with Crippen LogP contribution in [0.5, 0.6) is 5.75 Å². The molecule has 0 spiro atoms. The molecule has 0 saturated carbocycles. The number of nitrogens with one attached hydrogen (secondary N) is 1. The first-order chi connectivity index (χ1) is 11.6. The number of rotatable bonds is 4. The number of carbonyl (C=O) groups excluding carboxylic acids is 2. The number of alkyl carbamates (subject to hydrolysis) is 1. The highest BCUT2D eigenvalue weighted by Gasteiger charge is 2.07. The molecule has 4 N–H and O–H groups in total. The first-order valence-electron chi connectivity index (χ1n) is 7.12. The van der Waals surface area contributed by atoms with Gasteiger partial charge in [-0.25, -0.2) is 4.79 Å². The van der Waals surface area contributed by atoms with Crippen molar-refractivity contribution >= 4 is 12.0 Å². The van der Waals surface area contributed by atoms with Crippen LogP contribution < -0.4 is 11.1 Å². The monoisotopic (exact) mass is 324 g/mol. The lowest BCUT2D eigenvalue weighted by Crippen LogP contribution is -2.24. The van der Waals surface area contributed by atoms with Crippen molar-refractivity contribution in [3.8, 4) is 17.6 Å². The van der Waals surface area contributed by atoms with Gasteiger partial charge in [0.2, 0.25) is 0 Å². The molecule has 0 saturated heterocycles. The number of phenols is 1. The van der Waals surface area contributed by atoms with Crippen molar-refractivity contribution in [2.24, 2.45) is 5.73 Å². The lowest BCUT2D eigenvalue weighted by Gasteiger charge is -2.04. The van der Waals surface area contributed by atoms with E-state index in [0.717, 1.165) is 5.56 Å². The van der Waals surface area contributed by atoms with Crippen LogP contribution in [0.4, 0.5) is 4.79 Å². The van der Waals surface area contributed by atoms with E-state index in [1.807, 2.05) is 30.3 Å². The highest BCUT2D eigenvalue weighted by molar-refractivity contribution is 5.95. The molecule has 0 radical (unpaired) electrons. The van der Waals surface area contributed by atoms with Crippen LogP contribution >= 0.6 is 0 Å². The minimum atomic E-state index is -0.737. The van der Waals surface area contributed by atoms with Gasteiger partial charge in [0.15, 0.2) is 0 Å². The minimum absolute atomic E-state index is 0.00275. The highest BCUT2D eigenvalue weighted by Crippen LogP contribution is 2.17. The maximum absolute atomic E-state index is 11.5. The molecule has 0 atom stereocenters. The molecule has 2 amide bonds. The summed E-state index contributed by atoms with van der Waals surface area (Å²) < 4.78 is 5.03. The molecular formula is C18H16N2O4. The van der Waals surface area contributed by atoms with Gasteiger partial charge in [-0.2, -0.15) is 0 Å². The van der Waals surface area contributed by atoms with Crippen molar-refractivity contribution in [1.29, 1.82) is 0 Å². The zero-order chi connectivity index (χ0) is 17.4. The van der Waals surface area contributed by atoms with Gasteiger partial charge in [-0.1, -0.05) is 42.2 Å². The van der Waals surface area contributed by atoms with Crippen LogP contribution in [0.1, 0.15) is 21.5 Å². The third-order valence-corrected chi connectivity index (χ3v) is 3.03. The maximum Gasteiger partial charge on any atom is 0.408 e. The quantitative estimate of drug-likeness (QED) is 0.746. The molecule has 2 rings (SSSR count). The zero-order valence-electron chi connectivity index (χ0n) is 12.8. The van der Waals surface area contributed by atoms with Crippen LogP contribution in [0.2, 0.25) is 0 Å². The van der Waals surface area contributed by atoms with Gasteiger partial charge in [-0.05, 0) is 23.8 Å². The molecule has 0 aliphatic rings. The molecule has 2 aromatic carbocycles. The van der Waals surface area contributed by atoms with E-state index >= 15 is 0 Å². The fraction of sp³-hybridized carbons (Fsp3) is 0.111. The lowest BCUT2D eigenvalue weighted by molar-refractivity contribution is 0.0997. The summed E-state index contributed by atoms with van der Waals surface area (Å²) in [5, 5.41) is 12.0. The predicted molar refractivity (Wildman–Crippen MR) is 88.1 cm³/mol. The Morgan fingerprint density at radius 3 is 2.62 bits per heavy atom. The second-order valence-corrected chi connectivity index (χ2v) is 4.81. The molecule has 2 aromatic rings. The SMILES string of the molecule is NC(=O)c1cc(C#CCNC(=O)OCc2ccccc2)ccc1O. The molecule has 0 aliphatic heterocycles. The largest absolute Gasteiger partial charge is 0.507 e. The summed E-state index contributed by atoms with van der Waals surface area (Å²) in [5.74, 6) is 4.54. The molecule has 122 valence electrons. The number of ether oxygens (including phenoxy) is 1. The van der Waals surface area contributed by atoms with Gasteiger partial charge >= 0.3 is 6.09 Å². The predicted octanol–water partition coefficient (Wildman–Crippen LogP) is 1.77. The number of primary amides is 1. The fourth-order valence-corrected chi connectivity index (χ4v) is 1.85. The molecule has 0 aromatic heterocycles. The number of nitrogens with two attached hydrogens (primary N) is 1. The summed E-state index contributed by atoms with van der Waals surface area (Å²) in [7, 11) is 0. The molecule has 0 bridgehead atoms. The molecule has 0 heterocycles. The number of hydrogen-bond acceptors (Lipinski definition) is 4. The summed E-state index contributed by atoms with van der Waals surface area (Å²) >= 11 is 0. The smallest absolute Gasteiger partial charge is 0.408 e. The van der Waals surface area contributed by atoms with Gasteiger partial charge in [0.1, 0.15) is 12.4 Å². The van der Waals surface area contributed by atoms with Crippen LogP contribution in [-0.2, 0) is 11.3 Å². The second kappa shape index (κ2) is 8.25. The molecule has 0 unspecified atom stereocenters. The number of aromatic hydroxyl groups is 1. The summed E-state index contributed by atoms with van der Waals surface area (Å²) in [6.45, 7) is 0.264. The van der Waals surface area contributed by atoms with Gasteiger partial charge in [0.05, 0.1) is 12.1 Å². The standard InChI is InChI=1S/C18H16N2O4/c19-17(22)15-11-13(8-9-16(15)21)7-4-10-20-18(23)24-12-14-5-2-1-3-6-14/h1-3,5-6,8-9,11,21H,10,12H2,(H2,19,22)(H,20,23). The molecule has 0 fully saturated rings. The van der Waals surface area contributed by atoms with Crippen molar-refractivity contribution in [2.75, 3.05) is 6.54 Å². The fourth-order valence-electron chi connectivity index (χ4n) is 1.85. The number of carbonyl (C=O) groups is 2. The molecule has 0 aliphatic carbocycles. The zero-order valence-corrected chi connectivity index (χ0v) is 12.8. The third-order valence-electron chi connectivity index (χ3n) is 3.03. The summed E-state index contributed by atoms with van der Waals surface area (Å²) in [6.07, 6.45) is -0.573. The average molecular weight is 324 g/mol. The Labute approximate surface area is 139 Å². The van der Waals surface area contributed by atoms with E-state index in [2.05, 4.69) is 17.2 Å². The van der Waals surface area contributed by atoms with Crippen molar-refractivity contribution in [3.05, 3.63) is 65.2 Å². The Kier molecular flexibility index (Phi) is 5.81. The molecule has 24 heavy (non-hydrogen) atoms. The van der Waals surface area contributed by atoms with Gasteiger partial charge in [0, 0.05) is 5.56 Å². The molecule has 6 nitrogen and oxygen atoms in total. The van der Waals surface area contributed by atoms with Gasteiger partial charge < -0.3 is 20.9 Å². The van der Waals surface area contributed by atoms with Crippen molar-refractivity contribution in [3.63, 3.8) is 0 Å². The molecular weight excluding hydrogens is 308 g/mol. The van der Waals surface area contributed by atoms with Crippen LogP contribution in [0.3, 0.4) is 0 Å². The Hall–Kier alpha value is -3.46. The van der Waals surface area contributed by atoms with Gasteiger partial charge in [0.25, 0.3) is 5.91 Å². The summed E-state index contributed by atoms with van der Waals surface area (Å²) in [5.41, 5.74) is 6.53. The topological polar surface area (TPSA) is 102 Å². The van der Waals surface area contributed by atoms with E-state index < -0.39 is 12.0 Å². The van der Waals surface area contributed by atoms with Crippen LogP contribution in [0.25, 0.3) is 0 Å². The van der Waals surface area contributed by atoms with E-state index in [1.165, 1.54) is 12.1 Å². The Balaban J connectivity index is 1.82. The average Bonchev–Trinajstić information content (AvgIpc) is 2.59. The van der Waals surface area contributed by atoms with Gasteiger partial charge in [-0.3, -0.25) is 4.79 Å². The summed E-state index contributed by atoms with van der Waals surface area (Å²) in [4.78, 5) is 22.6. The Morgan fingerprint density at radius 1 is 1.17 bits per heavy atom. The Bertz CT molecular complexity index is 792. The van der Waals surface area contributed by atoms with Crippen molar-refractivity contribution in [1.82, 2.24) is 5.32 Å². The number of hydrogen-bond donors (Lipinski definition) is 3. The lowest BCUT2D eigenvalue weighted by atomic mass is 10.1. The first kappa shape index (κ1) is 16.9. The highest BCUT2D eigenvalue weighted by atomic mass is 16.5. The van der Waals surface area contributed by atoms with E-state index in [-0.39, 0.29) is 24.5 Å². The second-order valence-electron chi connectivity index (χ2n) is 4.81. The van der Waals surface area contributed by atoms with E-state index in [0.29, 0.717) is 5.56 Å². The van der Waals surface area contributed by atoms with E-state index in [1.54, 1.807) is 6.07 Å². The van der Waals surface area contributed by atoms with Crippen LogP contribution in [-0.4, -0.2) is 23.7 Å².